The fourth-order valence-electron chi connectivity index (χ4n) is 2.39. The minimum Gasteiger partial charge on any atom is -0.476 e. The average molecular weight is 249 g/mol. The van der Waals surface area contributed by atoms with Crippen LogP contribution >= 0.6 is 0 Å². The summed E-state index contributed by atoms with van der Waals surface area (Å²) < 4.78 is 0. The van der Waals surface area contributed by atoms with Crippen molar-refractivity contribution in [1.82, 2.24) is 9.97 Å². The third kappa shape index (κ3) is 2.60. The molecule has 1 aliphatic rings. The van der Waals surface area contributed by atoms with E-state index in [0.29, 0.717) is 5.41 Å². The van der Waals surface area contributed by atoms with E-state index in [4.69, 9.17) is 5.11 Å². The Morgan fingerprint density at radius 2 is 2.28 bits per heavy atom. The van der Waals surface area contributed by atoms with E-state index in [-0.39, 0.29) is 5.69 Å². The summed E-state index contributed by atoms with van der Waals surface area (Å²) >= 11 is 0. The van der Waals surface area contributed by atoms with Crippen LogP contribution in [0.1, 0.15) is 43.6 Å². The number of anilines is 1. The van der Waals surface area contributed by atoms with Crippen LogP contribution in [0.25, 0.3) is 0 Å². The SMILES string of the molecule is CCC1(C)CCCN(c2cnc(C(=O)O)cn2)C1. The molecule has 0 saturated carbocycles. The second kappa shape index (κ2) is 4.92. The number of aromatic nitrogens is 2. The smallest absolute Gasteiger partial charge is 0.356 e. The predicted molar refractivity (Wildman–Crippen MR) is 68.8 cm³/mol. The molecular formula is C13H19N3O2. The molecule has 1 unspecified atom stereocenters. The molecule has 1 aromatic heterocycles. The van der Waals surface area contributed by atoms with Gasteiger partial charge in [-0.3, -0.25) is 0 Å². The van der Waals surface area contributed by atoms with Crippen molar-refractivity contribution in [2.24, 2.45) is 5.41 Å². The molecule has 1 aromatic rings. The van der Waals surface area contributed by atoms with Gasteiger partial charge in [-0.15, -0.1) is 0 Å². The predicted octanol–water partition coefficient (Wildman–Crippen LogP) is 2.19. The summed E-state index contributed by atoms with van der Waals surface area (Å²) in [5.74, 6) is -0.259. The molecule has 18 heavy (non-hydrogen) atoms. The van der Waals surface area contributed by atoms with Gasteiger partial charge in [0.05, 0.1) is 12.4 Å². The van der Waals surface area contributed by atoms with Crippen molar-refractivity contribution < 1.29 is 9.90 Å². The number of carboxylic acids is 1. The van der Waals surface area contributed by atoms with Crippen LogP contribution in [0.5, 0.6) is 0 Å². The molecule has 1 fully saturated rings. The van der Waals surface area contributed by atoms with E-state index in [1.54, 1.807) is 6.20 Å². The number of hydrogen-bond donors (Lipinski definition) is 1. The highest BCUT2D eigenvalue weighted by Crippen LogP contribution is 2.33. The van der Waals surface area contributed by atoms with Gasteiger partial charge in [0, 0.05) is 13.1 Å². The lowest BCUT2D eigenvalue weighted by Gasteiger charge is -2.40. The zero-order valence-electron chi connectivity index (χ0n) is 10.9. The Hall–Kier alpha value is -1.65. The molecule has 1 saturated heterocycles. The number of hydrogen-bond acceptors (Lipinski definition) is 4. The van der Waals surface area contributed by atoms with Crippen molar-refractivity contribution in [1.29, 1.82) is 0 Å². The van der Waals surface area contributed by atoms with E-state index in [1.165, 1.54) is 12.6 Å². The fraction of sp³-hybridized carbons (Fsp3) is 0.615. The minimum absolute atomic E-state index is 0.00554. The molecule has 0 spiro atoms. The second-order valence-electron chi connectivity index (χ2n) is 5.25. The van der Waals surface area contributed by atoms with Crippen LogP contribution in [0.2, 0.25) is 0 Å². The normalized spacial score (nSPS) is 24.0. The summed E-state index contributed by atoms with van der Waals surface area (Å²) in [6.45, 7) is 6.43. The summed E-state index contributed by atoms with van der Waals surface area (Å²) in [5.41, 5.74) is 0.319. The van der Waals surface area contributed by atoms with Gasteiger partial charge >= 0.3 is 5.97 Å². The first-order valence-electron chi connectivity index (χ1n) is 6.34. The van der Waals surface area contributed by atoms with E-state index < -0.39 is 5.97 Å². The second-order valence-corrected chi connectivity index (χ2v) is 5.25. The first-order chi connectivity index (χ1) is 8.54. The molecule has 2 heterocycles. The minimum atomic E-state index is -1.04. The molecule has 0 radical (unpaired) electrons. The molecule has 98 valence electrons. The molecule has 2 rings (SSSR count). The van der Waals surface area contributed by atoms with E-state index in [1.807, 2.05) is 0 Å². The quantitative estimate of drug-likeness (QED) is 0.889. The molecule has 0 amide bonds. The molecule has 1 aliphatic heterocycles. The topological polar surface area (TPSA) is 66.3 Å². The number of carbonyl (C=O) groups is 1. The summed E-state index contributed by atoms with van der Waals surface area (Å²) in [6.07, 6.45) is 6.41. The van der Waals surface area contributed by atoms with Crippen LogP contribution in [-0.2, 0) is 0 Å². The Morgan fingerprint density at radius 3 is 2.83 bits per heavy atom. The molecule has 0 aliphatic carbocycles. The highest BCUT2D eigenvalue weighted by Gasteiger charge is 2.29. The molecule has 0 aromatic carbocycles. The number of piperidine rings is 1. The van der Waals surface area contributed by atoms with E-state index in [2.05, 4.69) is 28.7 Å². The van der Waals surface area contributed by atoms with Crippen molar-refractivity contribution >= 4 is 11.8 Å². The average Bonchev–Trinajstić information content (AvgIpc) is 2.39. The Bertz CT molecular complexity index is 432. The van der Waals surface area contributed by atoms with Crippen LogP contribution in [0.15, 0.2) is 12.4 Å². The zero-order valence-corrected chi connectivity index (χ0v) is 10.9. The first-order valence-corrected chi connectivity index (χ1v) is 6.34. The standard InChI is InChI=1S/C13H19N3O2/c1-3-13(2)5-4-6-16(9-13)11-8-14-10(7-15-11)12(17)18/h7-8H,3-6,9H2,1-2H3,(H,17,18). The highest BCUT2D eigenvalue weighted by atomic mass is 16.4. The van der Waals surface area contributed by atoms with Crippen LogP contribution in [0.3, 0.4) is 0 Å². The van der Waals surface area contributed by atoms with Gasteiger partial charge < -0.3 is 10.0 Å². The van der Waals surface area contributed by atoms with Crippen LogP contribution in [0, 0.1) is 5.41 Å². The third-order valence-corrected chi connectivity index (χ3v) is 3.82. The Labute approximate surface area is 107 Å². The van der Waals surface area contributed by atoms with Crippen LogP contribution < -0.4 is 4.90 Å². The summed E-state index contributed by atoms with van der Waals surface area (Å²) in [4.78, 5) is 21.1. The summed E-state index contributed by atoms with van der Waals surface area (Å²) in [5, 5.41) is 8.79. The fourth-order valence-corrected chi connectivity index (χ4v) is 2.39. The lowest BCUT2D eigenvalue weighted by molar-refractivity contribution is 0.0690. The van der Waals surface area contributed by atoms with Gasteiger partial charge in [0.1, 0.15) is 5.82 Å². The van der Waals surface area contributed by atoms with Gasteiger partial charge in [-0.1, -0.05) is 13.8 Å². The largest absolute Gasteiger partial charge is 0.476 e. The maximum absolute atomic E-state index is 10.7. The maximum atomic E-state index is 10.7. The molecule has 1 N–H and O–H groups in total. The molecule has 5 nitrogen and oxygen atoms in total. The van der Waals surface area contributed by atoms with Crippen molar-refractivity contribution in [3.63, 3.8) is 0 Å². The lowest BCUT2D eigenvalue weighted by atomic mass is 9.80. The van der Waals surface area contributed by atoms with Crippen LogP contribution in [0.4, 0.5) is 5.82 Å². The Morgan fingerprint density at radius 1 is 1.50 bits per heavy atom. The van der Waals surface area contributed by atoms with E-state index in [9.17, 15) is 4.79 Å². The number of rotatable bonds is 3. The lowest BCUT2D eigenvalue weighted by Crippen LogP contribution is -2.41. The Balaban J connectivity index is 2.14. The van der Waals surface area contributed by atoms with Gasteiger partial charge in [0.15, 0.2) is 5.69 Å². The Kier molecular flexibility index (Phi) is 3.50. The number of aromatic carboxylic acids is 1. The molecule has 0 bridgehead atoms. The van der Waals surface area contributed by atoms with Gasteiger partial charge in [0.2, 0.25) is 0 Å². The summed E-state index contributed by atoms with van der Waals surface area (Å²) in [7, 11) is 0. The third-order valence-electron chi connectivity index (χ3n) is 3.82. The number of carboxylic acid groups (broad SMARTS) is 1. The molecule has 5 heteroatoms. The van der Waals surface area contributed by atoms with Gasteiger partial charge in [-0.2, -0.15) is 0 Å². The summed E-state index contributed by atoms with van der Waals surface area (Å²) in [6, 6.07) is 0. The monoisotopic (exact) mass is 249 g/mol. The zero-order chi connectivity index (χ0) is 13.2. The number of nitrogens with zero attached hydrogens (tertiary/aromatic N) is 3. The van der Waals surface area contributed by atoms with Crippen molar-refractivity contribution in [3.05, 3.63) is 18.1 Å². The van der Waals surface area contributed by atoms with Gasteiger partial charge in [-0.25, -0.2) is 14.8 Å². The van der Waals surface area contributed by atoms with Gasteiger partial charge in [-0.05, 0) is 24.7 Å². The van der Waals surface area contributed by atoms with Crippen molar-refractivity contribution in [2.45, 2.75) is 33.1 Å². The highest BCUT2D eigenvalue weighted by molar-refractivity contribution is 5.84. The van der Waals surface area contributed by atoms with Gasteiger partial charge in [0.25, 0.3) is 0 Å². The molecule has 1 atom stereocenters. The van der Waals surface area contributed by atoms with Crippen molar-refractivity contribution in [2.75, 3.05) is 18.0 Å². The molecular weight excluding hydrogens is 230 g/mol. The first kappa shape index (κ1) is 12.8. The van der Waals surface area contributed by atoms with Crippen LogP contribution in [-0.4, -0.2) is 34.1 Å². The van der Waals surface area contributed by atoms with Crippen molar-refractivity contribution in [3.8, 4) is 0 Å². The van der Waals surface area contributed by atoms with E-state index >= 15 is 0 Å². The maximum Gasteiger partial charge on any atom is 0.356 e. The van der Waals surface area contributed by atoms with E-state index in [0.717, 1.165) is 31.7 Å².